The molecule has 1 aliphatic rings. The van der Waals surface area contributed by atoms with E-state index in [0.717, 1.165) is 18.4 Å². The van der Waals surface area contributed by atoms with Crippen molar-refractivity contribution in [3.8, 4) is 0 Å². The first kappa shape index (κ1) is 15.6. The van der Waals surface area contributed by atoms with Gasteiger partial charge in [0, 0.05) is 11.6 Å². The molecule has 1 N–H and O–H groups in total. The number of likely N-dealkylation sites (tertiary alicyclic amines) is 1. The molecule has 5 nitrogen and oxygen atoms in total. The van der Waals surface area contributed by atoms with Crippen molar-refractivity contribution in [1.29, 1.82) is 0 Å². The molecule has 114 valence electrons. The number of nitrogens with one attached hydrogen (secondary N) is 1. The maximum absolute atomic E-state index is 12.2. The van der Waals surface area contributed by atoms with Crippen LogP contribution in [0.1, 0.15) is 31.4 Å². The highest BCUT2D eigenvalue weighted by atomic mass is 35.5. The average molecular weight is 311 g/mol. The second-order valence-corrected chi connectivity index (χ2v) is 5.30. The molecule has 1 aliphatic heterocycles. The van der Waals surface area contributed by atoms with Crippen molar-refractivity contribution < 1.29 is 14.3 Å². The lowest BCUT2D eigenvalue weighted by atomic mass is 10.1. The number of urea groups is 1. The van der Waals surface area contributed by atoms with Crippen LogP contribution < -0.4 is 5.32 Å². The average Bonchev–Trinajstić information content (AvgIpc) is 2.95. The summed E-state index contributed by atoms with van der Waals surface area (Å²) in [4.78, 5) is 25.2. The lowest BCUT2D eigenvalue weighted by Crippen LogP contribution is -2.41. The van der Waals surface area contributed by atoms with Crippen molar-refractivity contribution in [3.05, 3.63) is 34.9 Å². The van der Waals surface area contributed by atoms with E-state index < -0.39 is 5.97 Å². The van der Waals surface area contributed by atoms with Gasteiger partial charge in [-0.1, -0.05) is 23.7 Å². The molecule has 6 heteroatoms. The molecule has 0 aliphatic carbocycles. The van der Waals surface area contributed by atoms with E-state index in [-0.39, 0.29) is 18.6 Å². The number of amides is 2. The van der Waals surface area contributed by atoms with E-state index in [4.69, 9.17) is 16.3 Å². The number of carbonyl (C=O) groups excluding carboxylic acids is 2. The van der Waals surface area contributed by atoms with Gasteiger partial charge in [0.15, 0.2) is 0 Å². The summed E-state index contributed by atoms with van der Waals surface area (Å²) in [5.41, 5.74) is 1.06. The van der Waals surface area contributed by atoms with Crippen LogP contribution in [0.15, 0.2) is 24.3 Å². The van der Waals surface area contributed by atoms with E-state index in [1.54, 1.807) is 11.8 Å². The van der Waals surface area contributed by atoms with Gasteiger partial charge >= 0.3 is 12.0 Å². The topological polar surface area (TPSA) is 58.6 Å². The molecule has 1 fully saturated rings. The number of hydrogen-bond acceptors (Lipinski definition) is 3. The molecule has 1 aromatic rings. The summed E-state index contributed by atoms with van der Waals surface area (Å²) < 4.78 is 4.79. The fourth-order valence-electron chi connectivity index (χ4n) is 2.50. The van der Waals surface area contributed by atoms with Gasteiger partial charge in [-0.3, -0.25) is 4.79 Å². The summed E-state index contributed by atoms with van der Waals surface area (Å²) >= 11 is 5.89. The zero-order valence-corrected chi connectivity index (χ0v) is 12.7. The Morgan fingerprint density at radius 2 is 2.10 bits per heavy atom. The highest BCUT2D eigenvalue weighted by molar-refractivity contribution is 6.30. The van der Waals surface area contributed by atoms with Gasteiger partial charge in [0.05, 0.1) is 12.6 Å². The molecule has 0 unspecified atom stereocenters. The standard InChI is InChI=1S/C15H19ClN2O3/c1-2-21-14(19)10-17-15(20)18-9-3-4-13(18)11-5-7-12(16)8-6-11/h5-8,13H,2-4,9-10H2,1H3,(H,17,20)/t13-/m0/s1. The number of ether oxygens (including phenoxy) is 1. The summed E-state index contributed by atoms with van der Waals surface area (Å²) in [6.07, 6.45) is 1.86. The van der Waals surface area contributed by atoms with Gasteiger partial charge in [0.1, 0.15) is 6.54 Å². The smallest absolute Gasteiger partial charge is 0.325 e. The third-order valence-corrected chi connectivity index (χ3v) is 3.71. The van der Waals surface area contributed by atoms with Crippen molar-refractivity contribution in [3.63, 3.8) is 0 Å². The molecule has 1 atom stereocenters. The molecule has 2 rings (SSSR count). The van der Waals surface area contributed by atoms with Crippen LogP contribution in [0.25, 0.3) is 0 Å². The van der Waals surface area contributed by atoms with Crippen molar-refractivity contribution in [2.75, 3.05) is 19.7 Å². The number of esters is 1. The van der Waals surface area contributed by atoms with Crippen molar-refractivity contribution in [1.82, 2.24) is 10.2 Å². The van der Waals surface area contributed by atoms with Crippen LogP contribution in [0.2, 0.25) is 5.02 Å². The zero-order chi connectivity index (χ0) is 15.2. The van der Waals surface area contributed by atoms with Crippen LogP contribution in [0.5, 0.6) is 0 Å². The molecule has 1 heterocycles. The van der Waals surface area contributed by atoms with Crippen LogP contribution in [0.3, 0.4) is 0 Å². The molecular weight excluding hydrogens is 292 g/mol. The number of nitrogens with zero attached hydrogens (tertiary/aromatic N) is 1. The van der Waals surface area contributed by atoms with E-state index in [1.807, 2.05) is 24.3 Å². The van der Waals surface area contributed by atoms with E-state index in [9.17, 15) is 9.59 Å². The number of rotatable bonds is 4. The van der Waals surface area contributed by atoms with E-state index in [0.29, 0.717) is 18.2 Å². The van der Waals surface area contributed by atoms with E-state index >= 15 is 0 Å². The van der Waals surface area contributed by atoms with Gasteiger partial charge in [0.2, 0.25) is 0 Å². The van der Waals surface area contributed by atoms with E-state index in [2.05, 4.69) is 5.32 Å². The first-order valence-corrected chi connectivity index (χ1v) is 7.45. The Balaban J connectivity index is 1.96. The van der Waals surface area contributed by atoms with Crippen LogP contribution in [-0.2, 0) is 9.53 Å². The molecule has 0 aromatic heterocycles. The Bertz CT molecular complexity index is 504. The summed E-state index contributed by atoms with van der Waals surface area (Å²) in [5.74, 6) is -0.423. The third-order valence-electron chi connectivity index (χ3n) is 3.46. The molecule has 21 heavy (non-hydrogen) atoms. The minimum Gasteiger partial charge on any atom is -0.465 e. The quantitative estimate of drug-likeness (QED) is 0.870. The lowest BCUT2D eigenvalue weighted by molar-refractivity contribution is -0.141. The minimum atomic E-state index is -0.423. The number of halogens is 1. The second-order valence-electron chi connectivity index (χ2n) is 4.87. The van der Waals surface area contributed by atoms with Crippen LogP contribution in [0, 0.1) is 0 Å². The van der Waals surface area contributed by atoms with Gasteiger partial charge in [-0.25, -0.2) is 4.79 Å². The predicted molar refractivity (Wildman–Crippen MR) is 80.2 cm³/mol. The molecule has 0 radical (unpaired) electrons. The number of benzene rings is 1. The fraction of sp³-hybridized carbons (Fsp3) is 0.467. The molecule has 0 bridgehead atoms. The minimum absolute atomic E-state index is 0.0319. The maximum atomic E-state index is 12.2. The normalized spacial score (nSPS) is 17.6. The Kier molecular flexibility index (Phi) is 5.44. The number of carbonyl (C=O) groups is 2. The lowest BCUT2D eigenvalue weighted by Gasteiger charge is -2.25. The Morgan fingerprint density at radius 3 is 2.76 bits per heavy atom. The SMILES string of the molecule is CCOC(=O)CNC(=O)N1CCC[C@H]1c1ccc(Cl)cc1. The van der Waals surface area contributed by atoms with Gasteiger partial charge in [0.25, 0.3) is 0 Å². The van der Waals surface area contributed by atoms with Crippen LogP contribution in [-0.4, -0.2) is 36.6 Å². The Labute approximate surface area is 129 Å². The van der Waals surface area contributed by atoms with E-state index in [1.165, 1.54) is 0 Å². The molecular formula is C15H19ClN2O3. The summed E-state index contributed by atoms with van der Waals surface area (Å²) in [5, 5.41) is 3.28. The maximum Gasteiger partial charge on any atom is 0.325 e. The second kappa shape index (κ2) is 7.31. The van der Waals surface area contributed by atoms with Crippen LogP contribution >= 0.6 is 11.6 Å². The van der Waals surface area contributed by atoms with Crippen LogP contribution in [0.4, 0.5) is 4.79 Å². The monoisotopic (exact) mass is 310 g/mol. The summed E-state index contributed by atoms with van der Waals surface area (Å²) in [6, 6.07) is 7.31. The van der Waals surface area contributed by atoms with Crippen molar-refractivity contribution >= 4 is 23.6 Å². The Hall–Kier alpha value is -1.75. The summed E-state index contributed by atoms with van der Waals surface area (Å²) in [7, 11) is 0. The van der Waals surface area contributed by atoms with Gasteiger partial charge < -0.3 is 15.0 Å². The van der Waals surface area contributed by atoms with Gasteiger partial charge in [-0.05, 0) is 37.5 Å². The summed E-state index contributed by atoms with van der Waals surface area (Å²) in [6.45, 7) is 2.63. The number of hydrogen-bond donors (Lipinski definition) is 1. The molecule has 2 amide bonds. The predicted octanol–water partition coefficient (Wildman–Crippen LogP) is 2.75. The fourth-order valence-corrected chi connectivity index (χ4v) is 2.63. The highest BCUT2D eigenvalue weighted by Gasteiger charge is 2.30. The van der Waals surface area contributed by atoms with Gasteiger partial charge in [-0.2, -0.15) is 0 Å². The van der Waals surface area contributed by atoms with Crippen molar-refractivity contribution in [2.24, 2.45) is 0 Å². The highest BCUT2D eigenvalue weighted by Crippen LogP contribution is 2.32. The first-order valence-electron chi connectivity index (χ1n) is 7.07. The molecule has 1 saturated heterocycles. The van der Waals surface area contributed by atoms with Gasteiger partial charge in [-0.15, -0.1) is 0 Å². The third kappa shape index (κ3) is 4.11. The van der Waals surface area contributed by atoms with Crippen molar-refractivity contribution in [2.45, 2.75) is 25.8 Å². The first-order chi connectivity index (χ1) is 10.1. The molecule has 1 aromatic carbocycles. The largest absolute Gasteiger partial charge is 0.465 e. The Morgan fingerprint density at radius 1 is 1.38 bits per heavy atom. The zero-order valence-electron chi connectivity index (χ0n) is 12.0. The molecule has 0 spiro atoms. The molecule has 0 saturated carbocycles.